The molecule has 2 heterocycles. The highest BCUT2D eigenvalue weighted by Gasteiger charge is 2.40. The van der Waals surface area contributed by atoms with Gasteiger partial charge in [0.25, 0.3) is 0 Å². The van der Waals surface area contributed by atoms with Gasteiger partial charge in [0.15, 0.2) is 0 Å². The Morgan fingerprint density at radius 1 is 1.47 bits per heavy atom. The fourth-order valence-corrected chi connectivity index (χ4v) is 2.26. The lowest BCUT2D eigenvalue weighted by atomic mass is 10.0. The Bertz CT molecular complexity index is 396. The number of nitrogens with two attached hydrogens (primary N) is 1. The van der Waals surface area contributed by atoms with E-state index in [1.54, 1.807) is 0 Å². The molecule has 1 aliphatic carbocycles. The summed E-state index contributed by atoms with van der Waals surface area (Å²) >= 11 is 0. The first-order valence-electron chi connectivity index (χ1n) is 5.63. The Morgan fingerprint density at radius 3 is 3.00 bits per heavy atom. The van der Waals surface area contributed by atoms with Crippen molar-refractivity contribution in [2.75, 3.05) is 13.6 Å². The zero-order valence-electron chi connectivity index (χ0n) is 9.16. The summed E-state index contributed by atoms with van der Waals surface area (Å²) in [7, 11) is 2.16. The van der Waals surface area contributed by atoms with Crippen molar-refractivity contribution in [2.24, 2.45) is 5.73 Å². The lowest BCUT2D eigenvalue weighted by Crippen LogP contribution is -2.28. The Hall–Kier alpha value is -0.930. The molecule has 3 rings (SSSR count). The molecule has 0 saturated heterocycles. The standard InChI is InChI=1S/C12H17N3/c1-15-5-2-11-9(8-15)6-10(7-14-11)12(13)3-4-12/h6-7H,2-5,8,13H2,1H3. The molecule has 0 atom stereocenters. The lowest BCUT2D eigenvalue weighted by molar-refractivity contribution is 0.309. The molecule has 1 fully saturated rings. The van der Waals surface area contributed by atoms with Crippen molar-refractivity contribution in [1.82, 2.24) is 9.88 Å². The molecule has 3 heteroatoms. The minimum atomic E-state index is -0.0436. The third-order valence-electron chi connectivity index (χ3n) is 3.59. The number of nitrogens with zero attached hydrogens (tertiary/aromatic N) is 2. The van der Waals surface area contributed by atoms with Crippen LogP contribution in [0, 0.1) is 0 Å². The average molecular weight is 203 g/mol. The van der Waals surface area contributed by atoms with Crippen LogP contribution in [0.5, 0.6) is 0 Å². The highest BCUT2D eigenvalue weighted by Crippen LogP contribution is 2.42. The van der Waals surface area contributed by atoms with Gasteiger partial charge in [0.1, 0.15) is 0 Å². The van der Waals surface area contributed by atoms with Crippen molar-refractivity contribution < 1.29 is 0 Å². The molecule has 3 nitrogen and oxygen atoms in total. The number of likely N-dealkylation sites (N-methyl/N-ethyl adjacent to an activating group) is 1. The van der Waals surface area contributed by atoms with Crippen molar-refractivity contribution in [2.45, 2.75) is 31.3 Å². The first kappa shape index (κ1) is 9.31. The van der Waals surface area contributed by atoms with E-state index in [9.17, 15) is 0 Å². The van der Waals surface area contributed by atoms with Crippen LogP contribution in [0.2, 0.25) is 0 Å². The number of hydrogen-bond donors (Lipinski definition) is 1. The topological polar surface area (TPSA) is 42.2 Å². The molecule has 0 unspecified atom stereocenters. The van der Waals surface area contributed by atoms with E-state index in [-0.39, 0.29) is 5.54 Å². The second-order valence-electron chi connectivity index (χ2n) is 4.97. The van der Waals surface area contributed by atoms with E-state index in [2.05, 4.69) is 23.0 Å². The summed E-state index contributed by atoms with van der Waals surface area (Å²) in [6.07, 6.45) is 5.29. The van der Waals surface area contributed by atoms with Gasteiger partial charge in [-0.05, 0) is 37.1 Å². The highest BCUT2D eigenvalue weighted by atomic mass is 15.1. The van der Waals surface area contributed by atoms with Gasteiger partial charge in [-0.15, -0.1) is 0 Å². The van der Waals surface area contributed by atoms with E-state index in [4.69, 9.17) is 5.73 Å². The van der Waals surface area contributed by atoms with E-state index in [1.165, 1.54) is 16.8 Å². The maximum atomic E-state index is 6.18. The molecule has 0 bridgehead atoms. The van der Waals surface area contributed by atoms with Gasteiger partial charge in [0.2, 0.25) is 0 Å². The van der Waals surface area contributed by atoms with Crippen LogP contribution in [0.1, 0.15) is 29.7 Å². The van der Waals surface area contributed by atoms with E-state index in [1.807, 2.05) is 6.20 Å². The summed E-state index contributed by atoms with van der Waals surface area (Å²) in [5, 5.41) is 0. The largest absolute Gasteiger partial charge is 0.321 e. The van der Waals surface area contributed by atoms with Gasteiger partial charge in [-0.2, -0.15) is 0 Å². The predicted octanol–water partition coefficient (Wildman–Crippen LogP) is 1.02. The Balaban J connectivity index is 1.98. The van der Waals surface area contributed by atoms with Gasteiger partial charge in [0.05, 0.1) is 0 Å². The molecule has 2 aliphatic rings. The molecular weight excluding hydrogens is 186 g/mol. The van der Waals surface area contributed by atoms with Gasteiger partial charge in [-0.1, -0.05) is 0 Å². The lowest BCUT2D eigenvalue weighted by Gasteiger charge is -2.25. The number of rotatable bonds is 1. The molecule has 1 aromatic heterocycles. The van der Waals surface area contributed by atoms with Crippen LogP contribution in [0.25, 0.3) is 0 Å². The summed E-state index contributed by atoms with van der Waals surface area (Å²) in [6, 6.07) is 2.27. The fourth-order valence-electron chi connectivity index (χ4n) is 2.26. The zero-order chi connectivity index (χ0) is 10.5. The molecule has 0 aromatic carbocycles. The summed E-state index contributed by atoms with van der Waals surface area (Å²) < 4.78 is 0. The van der Waals surface area contributed by atoms with Gasteiger partial charge in [-0.3, -0.25) is 4.98 Å². The second kappa shape index (κ2) is 3.03. The predicted molar refractivity (Wildman–Crippen MR) is 59.4 cm³/mol. The number of aromatic nitrogens is 1. The van der Waals surface area contributed by atoms with E-state index < -0.39 is 0 Å². The quantitative estimate of drug-likeness (QED) is 0.741. The van der Waals surface area contributed by atoms with Gasteiger partial charge in [0, 0.05) is 36.9 Å². The van der Waals surface area contributed by atoms with Crippen LogP contribution in [-0.4, -0.2) is 23.5 Å². The van der Waals surface area contributed by atoms with Crippen molar-refractivity contribution in [3.63, 3.8) is 0 Å². The van der Waals surface area contributed by atoms with Crippen LogP contribution >= 0.6 is 0 Å². The molecule has 15 heavy (non-hydrogen) atoms. The Kier molecular flexibility index (Phi) is 1.88. The van der Waals surface area contributed by atoms with E-state index in [0.717, 1.165) is 32.4 Å². The zero-order valence-corrected chi connectivity index (χ0v) is 9.16. The van der Waals surface area contributed by atoms with Crippen LogP contribution < -0.4 is 5.73 Å². The highest BCUT2D eigenvalue weighted by molar-refractivity contribution is 5.34. The number of hydrogen-bond acceptors (Lipinski definition) is 3. The first-order valence-corrected chi connectivity index (χ1v) is 5.63. The SMILES string of the molecule is CN1CCc2ncc(C3(N)CC3)cc2C1. The van der Waals surface area contributed by atoms with Crippen LogP contribution in [0.4, 0.5) is 0 Å². The molecule has 80 valence electrons. The third-order valence-corrected chi connectivity index (χ3v) is 3.59. The van der Waals surface area contributed by atoms with Crippen LogP contribution in [0.3, 0.4) is 0 Å². The summed E-state index contributed by atoms with van der Waals surface area (Å²) in [5.74, 6) is 0. The Morgan fingerprint density at radius 2 is 2.27 bits per heavy atom. The summed E-state index contributed by atoms with van der Waals surface area (Å²) in [6.45, 7) is 2.14. The molecule has 1 aromatic rings. The second-order valence-corrected chi connectivity index (χ2v) is 4.97. The minimum Gasteiger partial charge on any atom is -0.321 e. The van der Waals surface area contributed by atoms with Gasteiger partial charge < -0.3 is 10.6 Å². The fraction of sp³-hybridized carbons (Fsp3) is 0.583. The number of pyridine rings is 1. The Labute approximate surface area is 90.3 Å². The molecular formula is C12H17N3. The summed E-state index contributed by atoms with van der Waals surface area (Å²) in [5.41, 5.74) is 10.0. The van der Waals surface area contributed by atoms with Crippen LogP contribution in [0.15, 0.2) is 12.3 Å². The minimum absolute atomic E-state index is 0.0436. The van der Waals surface area contributed by atoms with Gasteiger partial charge in [-0.25, -0.2) is 0 Å². The molecule has 2 N–H and O–H groups in total. The van der Waals surface area contributed by atoms with Gasteiger partial charge >= 0.3 is 0 Å². The maximum Gasteiger partial charge on any atom is 0.0461 e. The smallest absolute Gasteiger partial charge is 0.0461 e. The van der Waals surface area contributed by atoms with Crippen LogP contribution in [-0.2, 0) is 18.5 Å². The molecule has 1 saturated carbocycles. The number of fused-ring (bicyclic) bond motifs is 1. The molecule has 0 amide bonds. The maximum absolute atomic E-state index is 6.18. The van der Waals surface area contributed by atoms with Crippen molar-refractivity contribution >= 4 is 0 Å². The molecule has 1 aliphatic heterocycles. The first-order chi connectivity index (χ1) is 7.17. The monoisotopic (exact) mass is 203 g/mol. The van der Waals surface area contributed by atoms with Crippen molar-refractivity contribution in [3.8, 4) is 0 Å². The van der Waals surface area contributed by atoms with Crippen molar-refractivity contribution in [1.29, 1.82) is 0 Å². The molecule has 0 radical (unpaired) electrons. The normalized spacial score (nSPS) is 23.6. The van der Waals surface area contributed by atoms with Crippen molar-refractivity contribution in [3.05, 3.63) is 29.1 Å². The van der Waals surface area contributed by atoms with E-state index >= 15 is 0 Å². The third kappa shape index (κ3) is 1.56. The van der Waals surface area contributed by atoms with E-state index in [0.29, 0.717) is 0 Å². The average Bonchev–Trinajstić information content (AvgIpc) is 2.97. The summed E-state index contributed by atoms with van der Waals surface area (Å²) in [4.78, 5) is 6.89. The molecule has 0 spiro atoms.